The molecule has 0 aliphatic heterocycles. The second-order valence-electron chi connectivity index (χ2n) is 4.87. The molecule has 0 amide bonds. The van der Waals surface area contributed by atoms with E-state index in [1.807, 2.05) is 48.9 Å². The molecule has 2 aromatic carbocycles. The predicted octanol–water partition coefficient (Wildman–Crippen LogP) is 3.26. The Morgan fingerprint density at radius 2 is 1.95 bits per heavy atom. The zero-order valence-electron chi connectivity index (χ0n) is 11.7. The highest BCUT2D eigenvalue weighted by Crippen LogP contribution is 2.32. The quantitative estimate of drug-likeness (QED) is 0.776. The maximum atomic E-state index is 10.1. The van der Waals surface area contributed by atoms with Crippen molar-refractivity contribution in [2.45, 2.75) is 6.92 Å². The number of nitrogens with zero attached hydrogens (tertiary/aromatic N) is 2. The number of aromatic nitrogens is 2. The Morgan fingerprint density at radius 3 is 2.70 bits per heavy atom. The Hall–Kier alpha value is -2.49. The molecular formula is C16H16N2O2. The third kappa shape index (κ3) is 1.90. The van der Waals surface area contributed by atoms with E-state index in [0.717, 1.165) is 33.7 Å². The number of imidazole rings is 1. The Morgan fingerprint density at radius 1 is 1.15 bits per heavy atom. The lowest BCUT2D eigenvalue weighted by Gasteiger charge is -2.06. The summed E-state index contributed by atoms with van der Waals surface area (Å²) in [5.74, 6) is 1.76. The van der Waals surface area contributed by atoms with E-state index in [9.17, 15) is 5.11 Å². The third-order valence-corrected chi connectivity index (χ3v) is 3.48. The Labute approximate surface area is 117 Å². The smallest absolute Gasteiger partial charge is 0.144 e. The van der Waals surface area contributed by atoms with Crippen LogP contribution >= 0.6 is 0 Å². The summed E-state index contributed by atoms with van der Waals surface area (Å²) >= 11 is 0. The van der Waals surface area contributed by atoms with Gasteiger partial charge in [-0.3, -0.25) is 0 Å². The van der Waals surface area contributed by atoms with Gasteiger partial charge < -0.3 is 14.4 Å². The van der Waals surface area contributed by atoms with Crippen LogP contribution in [0.15, 0.2) is 36.4 Å². The van der Waals surface area contributed by atoms with Crippen LogP contribution in [0.4, 0.5) is 0 Å². The molecule has 0 aliphatic carbocycles. The number of ether oxygens (including phenoxy) is 1. The molecule has 0 fully saturated rings. The predicted molar refractivity (Wildman–Crippen MR) is 79.1 cm³/mol. The summed E-state index contributed by atoms with van der Waals surface area (Å²) in [5.41, 5.74) is 3.68. The van der Waals surface area contributed by atoms with Gasteiger partial charge in [0, 0.05) is 13.1 Å². The van der Waals surface area contributed by atoms with Crippen LogP contribution in [0.25, 0.3) is 22.4 Å². The molecule has 1 aromatic heterocycles. The van der Waals surface area contributed by atoms with Crippen LogP contribution in [-0.2, 0) is 7.05 Å². The average Bonchev–Trinajstić information content (AvgIpc) is 2.78. The van der Waals surface area contributed by atoms with Crippen LogP contribution < -0.4 is 4.74 Å². The fourth-order valence-corrected chi connectivity index (χ4v) is 2.38. The summed E-state index contributed by atoms with van der Waals surface area (Å²) < 4.78 is 7.20. The molecule has 1 heterocycles. The number of phenols is 1. The topological polar surface area (TPSA) is 47.3 Å². The van der Waals surface area contributed by atoms with Crippen LogP contribution in [0, 0.1) is 6.92 Å². The Kier molecular flexibility index (Phi) is 2.86. The largest absolute Gasteiger partial charge is 0.507 e. The van der Waals surface area contributed by atoms with Crippen LogP contribution in [0.3, 0.4) is 0 Å². The van der Waals surface area contributed by atoms with Gasteiger partial charge in [0.2, 0.25) is 0 Å². The van der Waals surface area contributed by atoms with Crippen molar-refractivity contribution in [2.75, 3.05) is 7.11 Å². The molecule has 3 rings (SSSR count). The van der Waals surface area contributed by atoms with E-state index in [1.54, 1.807) is 13.2 Å². The Bertz CT molecular complexity index is 791. The maximum Gasteiger partial charge on any atom is 0.144 e. The molecule has 0 radical (unpaired) electrons. The van der Waals surface area contributed by atoms with Crippen molar-refractivity contribution < 1.29 is 9.84 Å². The van der Waals surface area contributed by atoms with Crippen LogP contribution in [0.1, 0.15) is 5.56 Å². The van der Waals surface area contributed by atoms with E-state index in [2.05, 4.69) is 4.98 Å². The molecule has 0 aliphatic rings. The van der Waals surface area contributed by atoms with E-state index in [1.165, 1.54) is 0 Å². The van der Waals surface area contributed by atoms with E-state index in [-0.39, 0.29) is 5.75 Å². The molecule has 3 aromatic rings. The number of methoxy groups -OCH3 is 1. The number of rotatable bonds is 2. The number of aromatic hydroxyl groups is 1. The molecule has 20 heavy (non-hydrogen) atoms. The van der Waals surface area contributed by atoms with Gasteiger partial charge in [0.15, 0.2) is 0 Å². The zero-order chi connectivity index (χ0) is 14.3. The molecule has 0 bridgehead atoms. The van der Waals surface area contributed by atoms with Gasteiger partial charge in [0.1, 0.15) is 17.3 Å². The fraction of sp³-hybridized carbons (Fsp3) is 0.188. The lowest BCUT2D eigenvalue weighted by molar-refractivity contribution is 0.415. The SMILES string of the molecule is COc1ccc2c(c1)nc(-c1cc(C)ccc1O)n2C. The van der Waals surface area contributed by atoms with Gasteiger partial charge >= 0.3 is 0 Å². The standard InChI is InChI=1S/C16H16N2O2/c1-10-4-7-15(19)12(8-10)16-17-13-9-11(20-3)5-6-14(13)18(16)2/h4-9,19H,1-3H3. The fourth-order valence-electron chi connectivity index (χ4n) is 2.38. The highest BCUT2D eigenvalue weighted by atomic mass is 16.5. The van der Waals surface area contributed by atoms with Gasteiger partial charge in [-0.05, 0) is 31.2 Å². The van der Waals surface area contributed by atoms with Gasteiger partial charge in [0.05, 0.1) is 23.7 Å². The number of hydrogen-bond donors (Lipinski definition) is 1. The van der Waals surface area contributed by atoms with Crippen molar-refractivity contribution in [3.63, 3.8) is 0 Å². The minimum atomic E-state index is 0.237. The minimum Gasteiger partial charge on any atom is -0.507 e. The van der Waals surface area contributed by atoms with Crippen LogP contribution in [0.2, 0.25) is 0 Å². The number of fused-ring (bicyclic) bond motifs is 1. The molecule has 0 spiro atoms. The van der Waals surface area contributed by atoms with Crippen LogP contribution in [-0.4, -0.2) is 21.8 Å². The summed E-state index contributed by atoms with van der Waals surface area (Å²) in [4.78, 5) is 4.62. The number of aryl methyl sites for hydroxylation is 2. The van der Waals surface area contributed by atoms with Crippen molar-refractivity contribution in [1.29, 1.82) is 0 Å². The lowest BCUT2D eigenvalue weighted by atomic mass is 10.1. The number of hydrogen-bond acceptors (Lipinski definition) is 3. The molecule has 102 valence electrons. The van der Waals surface area contributed by atoms with Gasteiger partial charge in [-0.25, -0.2) is 4.98 Å². The molecule has 0 atom stereocenters. The van der Waals surface area contributed by atoms with E-state index in [0.29, 0.717) is 0 Å². The highest BCUT2D eigenvalue weighted by molar-refractivity contribution is 5.83. The third-order valence-electron chi connectivity index (χ3n) is 3.48. The average molecular weight is 268 g/mol. The minimum absolute atomic E-state index is 0.237. The highest BCUT2D eigenvalue weighted by Gasteiger charge is 2.13. The summed E-state index contributed by atoms with van der Waals surface area (Å²) in [6.07, 6.45) is 0. The first kappa shape index (κ1) is 12.5. The van der Waals surface area contributed by atoms with E-state index < -0.39 is 0 Å². The van der Waals surface area contributed by atoms with Crippen molar-refractivity contribution in [3.05, 3.63) is 42.0 Å². The summed E-state index contributed by atoms with van der Waals surface area (Å²) in [6, 6.07) is 11.3. The molecule has 1 N–H and O–H groups in total. The molecule has 4 nitrogen and oxygen atoms in total. The van der Waals surface area contributed by atoms with Crippen LogP contribution in [0.5, 0.6) is 11.5 Å². The molecular weight excluding hydrogens is 252 g/mol. The van der Waals surface area contributed by atoms with E-state index in [4.69, 9.17) is 4.74 Å². The maximum absolute atomic E-state index is 10.1. The molecule has 0 saturated heterocycles. The zero-order valence-corrected chi connectivity index (χ0v) is 11.7. The molecule has 0 saturated carbocycles. The second-order valence-corrected chi connectivity index (χ2v) is 4.87. The normalized spacial score (nSPS) is 10.9. The lowest BCUT2D eigenvalue weighted by Crippen LogP contribution is -1.93. The Balaban J connectivity index is 2.26. The summed E-state index contributed by atoms with van der Waals surface area (Å²) in [5, 5.41) is 10.1. The first-order chi connectivity index (χ1) is 9.60. The second kappa shape index (κ2) is 4.56. The van der Waals surface area contributed by atoms with E-state index >= 15 is 0 Å². The number of benzene rings is 2. The monoisotopic (exact) mass is 268 g/mol. The first-order valence-corrected chi connectivity index (χ1v) is 6.40. The van der Waals surface area contributed by atoms with Crippen molar-refractivity contribution in [2.24, 2.45) is 7.05 Å². The van der Waals surface area contributed by atoms with Gasteiger partial charge in [-0.2, -0.15) is 0 Å². The van der Waals surface area contributed by atoms with Gasteiger partial charge in [-0.1, -0.05) is 11.6 Å². The van der Waals surface area contributed by atoms with Gasteiger partial charge in [-0.15, -0.1) is 0 Å². The van der Waals surface area contributed by atoms with Gasteiger partial charge in [0.25, 0.3) is 0 Å². The van der Waals surface area contributed by atoms with Crippen molar-refractivity contribution in [1.82, 2.24) is 9.55 Å². The number of phenolic OH excluding ortho intramolecular Hbond substituents is 1. The molecule has 4 heteroatoms. The van der Waals surface area contributed by atoms with Crippen molar-refractivity contribution in [3.8, 4) is 22.9 Å². The first-order valence-electron chi connectivity index (χ1n) is 6.40. The molecule has 0 unspecified atom stereocenters. The summed E-state index contributed by atoms with van der Waals surface area (Å²) in [7, 11) is 3.58. The van der Waals surface area contributed by atoms with Crippen molar-refractivity contribution >= 4 is 11.0 Å². The summed E-state index contributed by atoms with van der Waals surface area (Å²) in [6.45, 7) is 1.99.